The van der Waals surface area contributed by atoms with E-state index in [2.05, 4.69) is 29.0 Å². The van der Waals surface area contributed by atoms with Gasteiger partial charge in [0.15, 0.2) is 0 Å². The first-order chi connectivity index (χ1) is 9.41. The molecule has 1 fully saturated rings. The fourth-order valence-corrected chi connectivity index (χ4v) is 2.38. The van der Waals surface area contributed by atoms with Gasteiger partial charge in [-0.15, -0.1) is 0 Å². The molecule has 1 aromatic rings. The molecule has 0 unspecified atom stereocenters. The third-order valence-electron chi connectivity index (χ3n) is 3.81. The first kappa shape index (κ1) is 14.6. The molecule has 6 nitrogen and oxygen atoms in total. The molecule has 0 spiro atoms. The highest BCUT2D eigenvalue weighted by Gasteiger charge is 2.27. The average Bonchev–Trinajstić information content (AvgIpc) is 2.38. The molecule has 1 saturated heterocycles. The number of nitrogens with one attached hydrogen (secondary N) is 1. The zero-order valence-corrected chi connectivity index (χ0v) is 12.3. The van der Waals surface area contributed by atoms with Gasteiger partial charge in [-0.25, -0.2) is 4.98 Å². The Morgan fingerprint density at radius 3 is 2.60 bits per heavy atom. The summed E-state index contributed by atoms with van der Waals surface area (Å²) in [6.07, 6.45) is 2.15. The minimum Gasteiger partial charge on any atom is -0.370 e. The lowest BCUT2D eigenvalue weighted by Gasteiger charge is -2.37. The lowest BCUT2D eigenvalue weighted by atomic mass is 9.83. The molecular weight excluding hydrogens is 256 g/mol. The quantitative estimate of drug-likeness (QED) is 0.677. The molecule has 0 aliphatic carbocycles. The Labute approximate surface area is 119 Å². The van der Waals surface area contributed by atoms with Crippen LogP contribution in [0.15, 0.2) is 12.1 Å². The van der Waals surface area contributed by atoms with E-state index in [1.54, 1.807) is 6.07 Å². The Morgan fingerprint density at radius 1 is 1.40 bits per heavy atom. The summed E-state index contributed by atoms with van der Waals surface area (Å²) in [5.41, 5.74) is 0.442. The van der Waals surface area contributed by atoms with Crippen LogP contribution in [0.4, 0.5) is 17.3 Å². The van der Waals surface area contributed by atoms with Gasteiger partial charge >= 0.3 is 0 Å². The lowest BCUT2D eigenvalue weighted by molar-refractivity contribution is -0.384. The molecule has 1 N–H and O–H groups in total. The number of anilines is 2. The van der Waals surface area contributed by atoms with Crippen LogP contribution in [0.3, 0.4) is 0 Å². The van der Waals surface area contributed by atoms with Crippen molar-refractivity contribution in [3.05, 3.63) is 22.2 Å². The van der Waals surface area contributed by atoms with E-state index in [-0.39, 0.29) is 10.6 Å². The molecule has 1 aromatic heterocycles. The normalized spacial score (nSPS) is 17.9. The Hall–Kier alpha value is -1.85. The Kier molecular flexibility index (Phi) is 4.11. The first-order valence-electron chi connectivity index (χ1n) is 7.06. The van der Waals surface area contributed by atoms with Gasteiger partial charge in [0.05, 0.1) is 17.1 Å². The summed E-state index contributed by atoms with van der Waals surface area (Å²) in [6.45, 7) is 8.95. The minimum atomic E-state index is -0.361. The van der Waals surface area contributed by atoms with Gasteiger partial charge in [-0.1, -0.05) is 13.8 Å². The molecule has 0 bridgehead atoms. The number of nitro groups is 1. The molecule has 2 rings (SSSR count). The van der Waals surface area contributed by atoms with E-state index in [9.17, 15) is 10.1 Å². The Bertz CT molecular complexity index is 492. The van der Waals surface area contributed by atoms with Gasteiger partial charge in [0.25, 0.3) is 5.69 Å². The van der Waals surface area contributed by atoms with Crippen LogP contribution in [-0.2, 0) is 0 Å². The summed E-state index contributed by atoms with van der Waals surface area (Å²) in [5, 5.41) is 14.1. The number of piperidine rings is 1. The molecule has 1 aliphatic heterocycles. The van der Waals surface area contributed by atoms with Crippen LogP contribution >= 0.6 is 0 Å². The molecule has 0 atom stereocenters. The third-order valence-corrected chi connectivity index (χ3v) is 3.81. The van der Waals surface area contributed by atoms with Gasteiger partial charge in [-0.05, 0) is 25.2 Å². The van der Waals surface area contributed by atoms with Gasteiger partial charge in [0, 0.05) is 19.6 Å². The molecule has 110 valence electrons. The van der Waals surface area contributed by atoms with Crippen molar-refractivity contribution in [1.29, 1.82) is 0 Å². The van der Waals surface area contributed by atoms with Crippen LogP contribution in [0.5, 0.6) is 0 Å². The summed E-state index contributed by atoms with van der Waals surface area (Å²) in [7, 11) is 0. The van der Waals surface area contributed by atoms with Gasteiger partial charge in [-0.2, -0.15) is 0 Å². The number of pyridine rings is 1. The second kappa shape index (κ2) is 5.64. The van der Waals surface area contributed by atoms with Crippen molar-refractivity contribution in [1.82, 2.24) is 4.98 Å². The highest BCUT2D eigenvalue weighted by molar-refractivity contribution is 5.56. The largest absolute Gasteiger partial charge is 0.370 e. The smallest absolute Gasteiger partial charge is 0.276 e. The van der Waals surface area contributed by atoms with Crippen molar-refractivity contribution in [3.63, 3.8) is 0 Å². The summed E-state index contributed by atoms with van der Waals surface area (Å²) >= 11 is 0. The maximum absolute atomic E-state index is 11.0. The van der Waals surface area contributed by atoms with Crippen LogP contribution in [0.25, 0.3) is 0 Å². The third kappa shape index (κ3) is 3.37. The van der Waals surface area contributed by atoms with Crippen molar-refractivity contribution in [2.75, 3.05) is 29.9 Å². The second-order valence-electron chi connectivity index (χ2n) is 6.01. The predicted molar refractivity (Wildman–Crippen MR) is 80.3 cm³/mol. The van der Waals surface area contributed by atoms with Gasteiger partial charge < -0.3 is 10.2 Å². The van der Waals surface area contributed by atoms with Crippen LogP contribution in [0.1, 0.15) is 33.6 Å². The summed E-state index contributed by atoms with van der Waals surface area (Å²) in [4.78, 5) is 17.3. The van der Waals surface area contributed by atoms with Gasteiger partial charge in [0.1, 0.15) is 11.6 Å². The lowest BCUT2D eigenvalue weighted by Crippen LogP contribution is -2.37. The van der Waals surface area contributed by atoms with Gasteiger partial charge in [-0.3, -0.25) is 10.1 Å². The summed E-state index contributed by atoms with van der Waals surface area (Å²) < 4.78 is 0. The first-order valence-corrected chi connectivity index (χ1v) is 7.06. The topological polar surface area (TPSA) is 71.3 Å². The van der Waals surface area contributed by atoms with Crippen LogP contribution in [0.2, 0.25) is 0 Å². The zero-order valence-electron chi connectivity index (χ0n) is 12.3. The van der Waals surface area contributed by atoms with Crippen LogP contribution in [-0.4, -0.2) is 29.5 Å². The molecule has 20 heavy (non-hydrogen) atoms. The van der Waals surface area contributed by atoms with Crippen molar-refractivity contribution in [2.24, 2.45) is 5.41 Å². The summed E-state index contributed by atoms with van der Waals surface area (Å²) in [6, 6.07) is 3.06. The number of hydrogen-bond donors (Lipinski definition) is 1. The molecule has 2 heterocycles. The van der Waals surface area contributed by atoms with E-state index in [4.69, 9.17) is 0 Å². The SMILES string of the molecule is CCNc1cc([N+](=O)[O-])cc(N2CCC(C)(C)CC2)n1. The van der Waals surface area contributed by atoms with E-state index >= 15 is 0 Å². The molecule has 0 radical (unpaired) electrons. The van der Waals surface area contributed by atoms with Crippen LogP contribution in [0, 0.1) is 15.5 Å². The highest BCUT2D eigenvalue weighted by atomic mass is 16.6. The summed E-state index contributed by atoms with van der Waals surface area (Å²) in [5.74, 6) is 1.27. The molecule has 0 saturated carbocycles. The second-order valence-corrected chi connectivity index (χ2v) is 6.01. The molecule has 1 aliphatic rings. The number of aromatic nitrogens is 1. The molecule has 0 amide bonds. The van der Waals surface area contributed by atoms with Crippen molar-refractivity contribution < 1.29 is 4.92 Å². The van der Waals surface area contributed by atoms with E-state index in [1.807, 2.05) is 6.92 Å². The predicted octanol–water partition coefficient (Wildman–Crippen LogP) is 3.05. The van der Waals surface area contributed by atoms with Crippen molar-refractivity contribution in [2.45, 2.75) is 33.6 Å². The number of hydrogen-bond acceptors (Lipinski definition) is 5. The fraction of sp³-hybridized carbons (Fsp3) is 0.643. The van der Waals surface area contributed by atoms with Crippen molar-refractivity contribution >= 4 is 17.3 Å². The fourth-order valence-electron chi connectivity index (χ4n) is 2.38. The highest BCUT2D eigenvalue weighted by Crippen LogP contribution is 2.33. The Balaban J connectivity index is 2.24. The monoisotopic (exact) mass is 278 g/mol. The van der Waals surface area contributed by atoms with E-state index in [1.165, 1.54) is 6.07 Å². The van der Waals surface area contributed by atoms with E-state index in [0.717, 1.165) is 25.9 Å². The zero-order chi connectivity index (χ0) is 14.8. The number of rotatable bonds is 4. The molecule has 6 heteroatoms. The number of nitrogens with zero attached hydrogens (tertiary/aromatic N) is 3. The standard InChI is InChI=1S/C14H22N4O2/c1-4-15-12-9-11(18(19)20)10-13(16-12)17-7-5-14(2,3)6-8-17/h9-10H,4-8H2,1-3H3,(H,15,16). The molecule has 0 aromatic carbocycles. The minimum absolute atomic E-state index is 0.0933. The van der Waals surface area contributed by atoms with Gasteiger partial charge in [0.2, 0.25) is 0 Å². The maximum Gasteiger partial charge on any atom is 0.276 e. The van der Waals surface area contributed by atoms with E-state index < -0.39 is 0 Å². The Morgan fingerprint density at radius 2 is 2.05 bits per heavy atom. The van der Waals surface area contributed by atoms with Crippen LogP contribution < -0.4 is 10.2 Å². The maximum atomic E-state index is 11.0. The average molecular weight is 278 g/mol. The van der Waals surface area contributed by atoms with Crippen molar-refractivity contribution in [3.8, 4) is 0 Å². The van der Waals surface area contributed by atoms with E-state index in [0.29, 0.717) is 23.6 Å². The molecular formula is C14H22N4O2.